The van der Waals surface area contributed by atoms with E-state index in [2.05, 4.69) is 4.90 Å². The first-order valence-electron chi connectivity index (χ1n) is 20.3. The molecule has 16 nitrogen and oxygen atoms in total. The fourth-order valence-corrected chi connectivity index (χ4v) is 9.54. The average Bonchev–Trinajstić information content (AvgIpc) is 3.56. The first kappa shape index (κ1) is 50.6. The summed E-state index contributed by atoms with van der Waals surface area (Å²) in [4.78, 5) is 12.4. The first-order chi connectivity index (χ1) is 29.2. The van der Waals surface area contributed by atoms with Crippen molar-refractivity contribution in [2.45, 2.75) is 86.3 Å². The Hall–Kier alpha value is -4.05. The Labute approximate surface area is 365 Å². The molecule has 2 heterocycles. The summed E-state index contributed by atoms with van der Waals surface area (Å²) in [6.45, 7) is 8.71. The number of carboxylic acids is 1. The van der Waals surface area contributed by atoms with Crippen LogP contribution in [0.5, 0.6) is 0 Å². The fourth-order valence-electron chi connectivity index (χ4n) is 8.04. The highest BCUT2D eigenvalue weighted by Crippen LogP contribution is 2.50. The van der Waals surface area contributed by atoms with Crippen LogP contribution < -0.4 is 4.90 Å². The van der Waals surface area contributed by atoms with Crippen LogP contribution in [0.3, 0.4) is 0 Å². The molecule has 342 valence electrons. The summed E-state index contributed by atoms with van der Waals surface area (Å²) in [5.74, 6) is -1.43. The Morgan fingerprint density at radius 3 is 2.02 bits per heavy atom. The van der Waals surface area contributed by atoms with E-state index in [0.29, 0.717) is 94.3 Å². The van der Waals surface area contributed by atoms with Crippen LogP contribution in [0.4, 0.5) is 11.4 Å². The maximum absolute atomic E-state index is 12.1. The number of anilines is 1. The van der Waals surface area contributed by atoms with Gasteiger partial charge in [0.25, 0.3) is 10.1 Å². The molecule has 0 radical (unpaired) electrons. The number of hydrogen-bond donors (Lipinski definition) is 2. The highest BCUT2D eigenvalue weighted by atomic mass is 32.2. The van der Waals surface area contributed by atoms with E-state index < -0.39 is 57.8 Å². The molecule has 0 spiro atoms. The summed E-state index contributed by atoms with van der Waals surface area (Å²) in [6, 6.07) is 8.50. The van der Waals surface area contributed by atoms with Crippen LogP contribution in [0.25, 0.3) is 0 Å². The molecule has 2 aliphatic rings. The Morgan fingerprint density at radius 1 is 0.774 bits per heavy atom. The van der Waals surface area contributed by atoms with Crippen LogP contribution in [0.15, 0.2) is 94.4 Å². The third-order valence-corrected chi connectivity index (χ3v) is 13.6. The van der Waals surface area contributed by atoms with E-state index in [0.717, 1.165) is 11.4 Å². The normalized spacial score (nSPS) is 20.1. The van der Waals surface area contributed by atoms with Crippen molar-refractivity contribution >= 4 is 53.4 Å². The van der Waals surface area contributed by atoms with Gasteiger partial charge in [-0.2, -0.15) is 13.0 Å². The van der Waals surface area contributed by atoms with Crippen molar-refractivity contribution in [2.75, 3.05) is 63.9 Å². The number of allylic oxidation sites excluding steroid dienone is 8. The number of carboxylic acid groups (broad SMARTS) is 1. The van der Waals surface area contributed by atoms with Crippen molar-refractivity contribution in [1.82, 2.24) is 0 Å². The fraction of sp³-hybridized carbons (Fsp3) is 0.488. The van der Waals surface area contributed by atoms with Gasteiger partial charge >= 0.3 is 5.97 Å². The summed E-state index contributed by atoms with van der Waals surface area (Å²) >= 11 is 0. The first-order valence-corrected chi connectivity index (χ1v) is 24.8. The Balaban J connectivity index is 1.66. The third kappa shape index (κ3) is 13.2. The standard InChI is InChI=1S/C43H58N2O14S3/c1-5-44-37-20-18-33(61(51,52)53)31-35(37)43(3,23-25-58-28-29-59-27-26-57-4)39(44)15-10-7-6-8-11-16-40-42(2,22-14-30-60(48,49)50)36-32-34(62(54,55)56)19-21-38(36)45(40)24-13-9-12-17-41(46)47/h6-8,10-11,15-16,18-21,31-32H,5,9,12-14,17,22-30H2,1-4H3,(H3-,46,47,48,49,50,51,52,53,54,55,56)/p-1. The Kier molecular flexibility index (Phi) is 18.0. The van der Waals surface area contributed by atoms with Crippen molar-refractivity contribution in [3.05, 3.63) is 95.8 Å². The lowest BCUT2D eigenvalue weighted by Gasteiger charge is -2.30. The van der Waals surface area contributed by atoms with Crippen LogP contribution in [0, 0.1) is 0 Å². The van der Waals surface area contributed by atoms with E-state index in [1.807, 2.05) is 43.6 Å². The van der Waals surface area contributed by atoms with Gasteiger partial charge in [-0.1, -0.05) is 30.4 Å². The molecule has 0 saturated heterocycles. The molecule has 0 saturated carbocycles. The van der Waals surface area contributed by atoms with Crippen molar-refractivity contribution < 1.29 is 67.6 Å². The van der Waals surface area contributed by atoms with Crippen LogP contribution in [0.1, 0.15) is 76.8 Å². The smallest absolute Gasteiger partial charge is 0.303 e. The molecule has 4 rings (SSSR count). The molecule has 0 fully saturated rings. The molecule has 0 amide bonds. The molecule has 19 heteroatoms. The zero-order valence-corrected chi connectivity index (χ0v) is 38.0. The summed E-state index contributed by atoms with van der Waals surface area (Å²) in [7, 11) is -12.3. The van der Waals surface area contributed by atoms with Gasteiger partial charge < -0.3 is 33.3 Å². The third-order valence-electron chi connectivity index (χ3n) is 11.2. The van der Waals surface area contributed by atoms with Crippen molar-refractivity contribution in [3.8, 4) is 0 Å². The van der Waals surface area contributed by atoms with E-state index in [1.54, 1.807) is 43.5 Å². The van der Waals surface area contributed by atoms with E-state index in [4.69, 9.17) is 19.3 Å². The lowest BCUT2D eigenvalue weighted by atomic mass is 9.76. The van der Waals surface area contributed by atoms with Crippen LogP contribution in [-0.2, 0) is 60.2 Å². The molecular weight excluding hydrogens is 865 g/mol. The molecule has 0 bridgehead atoms. The number of likely N-dealkylation sites (N-methyl/N-ethyl adjacent to an activating group) is 1. The highest BCUT2D eigenvalue weighted by molar-refractivity contribution is 7.86. The maximum Gasteiger partial charge on any atom is 0.303 e. The van der Waals surface area contributed by atoms with E-state index >= 15 is 0 Å². The monoisotopic (exact) mass is 921 g/mol. The number of methoxy groups -OCH3 is 1. The van der Waals surface area contributed by atoms with Gasteiger partial charge in [0.05, 0.1) is 47.4 Å². The maximum atomic E-state index is 12.1. The summed E-state index contributed by atoms with van der Waals surface area (Å²) in [6.07, 6.45) is 15.1. The SMILES string of the molecule is CCN1/C(=C/C=C/C=C/C=C/C2=[N+](CCCCCC(=O)O)c3ccc(S(=O)(=O)[O-])cc3C2(C)CCCS(=O)(=O)O)C(C)(CCOCCOCCOC)c2cc(S(=O)(=O)[O-])ccc21. The minimum Gasteiger partial charge on any atom is -0.744 e. The molecule has 2 aliphatic heterocycles. The van der Waals surface area contributed by atoms with E-state index in [-0.39, 0.29) is 24.2 Å². The number of nitrogens with zero attached hydrogens (tertiary/aromatic N) is 2. The number of ether oxygens (including phenoxy) is 3. The van der Waals surface area contributed by atoms with Gasteiger partial charge in [0.1, 0.15) is 26.8 Å². The molecule has 2 aromatic rings. The lowest BCUT2D eigenvalue weighted by Crippen LogP contribution is -2.32. The highest BCUT2D eigenvalue weighted by Gasteiger charge is 2.48. The van der Waals surface area contributed by atoms with E-state index in [1.165, 1.54) is 24.3 Å². The number of hydrogen-bond acceptors (Lipinski definition) is 13. The number of carbonyl (C=O) groups is 1. The van der Waals surface area contributed by atoms with Gasteiger partial charge in [0.15, 0.2) is 5.71 Å². The minimum absolute atomic E-state index is 0.00966. The molecule has 2 atom stereocenters. The van der Waals surface area contributed by atoms with Gasteiger partial charge in [-0.05, 0) is 94.8 Å². The second kappa shape index (κ2) is 22.0. The quantitative estimate of drug-likeness (QED) is 0.0506. The summed E-state index contributed by atoms with van der Waals surface area (Å²) in [5, 5.41) is 9.10. The molecule has 0 aromatic heterocycles. The molecule has 2 N–H and O–H groups in total. The second-order valence-electron chi connectivity index (χ2n) is 15.5. The Morgan fingerprint density at radius 2 is 1.39 bits per heavy atom. The number of benzene rings is 2. The minimum atomic E-state index is -4.83. The summed E-state index contributed by atoms with van der Waals surface area (Å²) < 4.78 is 124. The van der Waals surface area contributed by atoms with Gasteiger partial charge in [0.2, 0.25) is 5.69 Å². The van der Waals surface area contributed by atoms with Gasteiger partial charge in [-0.25, -0.2) is 16.8 Å². The molecule has 2 aromatic carbocycles. The predicted molar refractivity (Wildman–Crippen MR) is 232 cm³/mol. The molecule has 2 unspecified atom stereocenters. The second-order valence-corrected chi connectivity index (χ2v) is 19.8. The van der Waals surface area contributed by atoms with Gasteiger partial charge in [-0.15, -0.1) is 0 Å². The zero-order valence-electron chi connectivity index (χ0n) is 35.5. The van der Waals surface area contributed by atoms with Crippen LogP contribution >= 0.6 is 0 Å². The topological polar surface area (TPSA) is 240 Å². The van der Waals surface area contributed by atoms with Gasteiger partial charge in [0, 0.05) is 67.6 Å². The predicted octanol–water partition coefficient (Wildman–Crippen LogP) is 5.58. The van der Waals surface area contributed by atoms with Crippen LogP contribution in [-0.4, -0.2) is 119 Å². The molecule has 0 aliphatic carbocycles. The number of aliphatic carboxylic acids is 1. The number of fused-ring (bicyclic) bond motifs is 2. The largest absolute Gasteiger partial charge is 0.744 e. The van der Waals surface area contributed by atoms with E-state index in [9.17, 15) is 43.7 Å². The average molecular weight is 922 g/mol. The zero-order chi connectivity index (χ0) is 45.8. The number of rotatable bonds is 26. The molecule has 62 heavy (non-hydrogen) atoms. The number of unbranched alkanes of at least 4 members (excludes halogenated alkanes) is 2. The lowest BCUT2D eigenvalue weighted by molar-refractivity contribution is -0.438. The van der Waals surface area contributed by atoms with Crippen LogP contribution in [0.2, 0.25) is 0 Å². The van der Waals surface area contributed by atoms with Crippen molar-refractivity contribution in [3.63, 3.8) is 0 Å². The van der Waals surface area contributed by atoms with Crippen molar-refractivity contribution in [1.29, 1.82) is 0 Å². The molecular formula is C43H57N2O14S3-. The Bertz CT molecular complexity index is 2410. The summed E-state index contributed by atoms with van der Waals surface area (Å²) in [5.41, 5.74) is 2.46. The van der Waals surface area contributed by atoms with Crippen molar-refractivity contribution in [2.24, 2.45) is 0 Å². The van der Waals surface area contributed by atoms with Gasteiger partial charge in [-0.3, -0.25) is 9.35 Å².